The van der Waals surface area contributed by atoms with E-state index < -0.39 is 0 Å². The number of nitrogens with zero attached hydrogens (tertiary/aromatic N) is 1. The Kier molecular flexibility index (Phi) is 3.02. The molecule has 0 aromatic carbocycles. The molecule has 0 heterocycles. The van der Waals surface area contributed by atoms with Crippen molar-refractivity contribution in [3.63, 3.8) is 0 Å². The largest absolute Gasteiger partial charge is 0.299 e. The van der Waals surface area contributed by atoms with Crippen molar-refractivity contribution in [2.45, 2.75) is 13.0 Å². The number of hydrogen-bond acceptors (Lipinski definition) is 2. The number of rotatable bonds is 2. The number of carbonyl (C=O) groups excluding carboxylic acids is 1. The minimum atomic E-state index is -0.310. The SMILES string of the molecule is C[C@@H](C(=O)Cl)N(C)C. The number of hydrogen-bond donors (Lipinski definition) is 0. The van der Waals surface area contributed by atoms with E-state index in [1.807, 2.05) is 14.1 Å². The molecule has 0 fully saturated rings. The molecule has 0 aliphatic heterocycles. The van der Waals surface area contributed by atoms with Gasteiger partial charge in [-0.15, -0.1) is 0 Å². The predicted octanol–water partition coefficient (Wildman–Crippen LogP) is 0.702. The highest BCUT2D eigenvalue weighted by Gasteiger charge is 2.10. The fraction of sp³-hybridized carbons (Fsp3) is 0.800. The first-order valence-electron chi connectivity index (χ1n) is 2.41. The maximum absolute atomic E-state index is 10.3. The first kappa shape index (κ1) is 7.92. The monoisotopic (exact) mass is 135 g/mol. The van der Waals surface area contributed by atoms with Crippen LogP contribution in [-0.4, -0.2) is 30.3 Å². The molecule has 0 saturated carbocycles. The summed E-state index contributed by atoms with van der Waals surface area (Å²) >= 11 is 5.14. The van der Waals surface area contributed by atoms with Gasteiger partial charge in [-0.3, -0.25) is 9.69 Å². The van der Waals surface area contributed by atoms with E-state index >= 15 is 0 Å². The molecule has 0 saturated heterocycles. The minimum Gasteiger partial charge on any atom is -0.299 e. The second kappa shape index (κ2) is 3.05. The van der Waals surface area contributed by atoms with E-state index in [0.717, 1.165) is 0 Å². The standard InChI is InChI=1S/C5H10ClNO/c1-4(5(6)8)7(2)3/h4H,1-3H3/t4-/m0/s1. The number of likely N-dealkylation sites (N-methyl/N-ethyl adjacent to an activating group) is 1. The van der Waals surface area contributed by atoms with Crippen LogP contribution in [0.5, 0.6) is 0 Å². The van der Waals surface area contributed by atoms with Crippen LogP contribution in [0.25, 0.3) is 0 Å². The highest BCUT2D eigenvalue weighted by atomic mass is 35.5. The highest BCUT2D eigenvalue weighted by molar-refractivity contribution is 6.64. The van der Waals surface area contributed by atoms with Crippen molar-refractivity contribution in [3.8, 4) is 0 Å². The van der Waals surface area contributed by atoms with Gasteiger partial charge in [0.15, 0.2) is 0 Å². The Morgan fingerprint density at radius 2 is 2.00 bits per heavy atom. The molecule has 0 unspecified atom stereocenters. The van der Waals surface area contributed by atoms with Crippen LogP contribution in [0.1, 0.15) is 6.92 Å². The predicted molar refractivity (Wildman–Crippen MR) is 34.0 cm³/mol. The lowest BCUT2D eigenvalue weighted by Gasteiger charge is -2.13. The zero-order chi connectivity index (χ0) is 6.73. The molecule has 0 aliphatic rings. The fourth-order valence-corrected chi connectivity index (χ4v) is 0.398. The normalized spacial score (nSPS) is 14.1. The van der Waals surface area contributed by atoms with Crippen molar-refractivity contribution in [1.29, 1.82) is 0 Å². The lowest BCUT2D eigenvalue weighted by atomic mass is 10.4. The Labute approximate surface area is 54.4 Å². The van der Waals surface area contributed by atoms with Gasteiger partial charge in [0, 0.05) is 0 Å². The van der Waals surface area contributed by atoms with E-state index in [4.69, 9.17) is 11.6 Å². The quantitative estimate of drug-likeness (QED) is 0.520. The zero-order valence-electron chi connectivity index (χ0n) is 5.31. The maximum atomic E-state index is 10.3. The molecule has 0 aromatic rings. The molecular weight excluding hydrogens is 126 g/mol. The Morgan fingerprint density at radius 1 is 1.62 bits per heavy atom. The molecule has 1 atom stereocenters. The number of halogens is 1. The van der Waals surface area contributed by atoms with Gasteiger partial charge in [-0.2, -0.15) is 0 Å². The van der Waals surface area contributed by atoms with E-state index in [2.05, 4.69) is 0 Å². The lowest BCUT2D eigenvalue weighted by Crippen LogP contribution is -2.29. The topological polar surface area (TPSA) is 20.3 Å². The average molecular weight is 136 g/mol. The molecule has 0 bridgehead atoms. The van der Waals surface area contributed by atoms with Crippen molar-refractivity contribution in [3.05, 3.63) is 0 Å². The Balaban J connectivity index is 3.64. The third-order valence-corrected chi connectivity index (χ3v) is 1.42. The third-order valence-electron chi connectivity index (χ3n) is 1.10. The second-order valence-electron chi connectivity index (χ2n) is 1.94. The van der Waals surface area contributed by atoms with Crippen molar-refractivity contribution < 1.29 is 4.79 Å². The molecule has 0 rings (SSSR count). The lowest BCUT2D eigenvalue weighted by molar-refractivity contribution is -0.115. The molecule has 3 heteroatoms. The molecule has 0 N–H and O–H groups in total. The summed E-state index contributed by atoms with van der Waals surface area (Å²) in [6.07, 6.45) is 0. The van der Waals surface area contributed by atoms with E-state index in [9.17, 15) is 4.79 Å². The summed E-state index contributed by atoms with van der Waals surface area (Å²) in [4.78, 5) is 12.1. The molecule has 0 amide bonds. The molecule has 0 radical (unpaired) electrons. The van der Waals surface area contributed by atoms with Crippen LogP contribution < -0.4 is 0 Å². The summed E-state index contributed by atoms with van der Waals surface area (Å²) < 4.78 is 0. The average Bonchev–Trinajstić information content (AvgIpc) is 1.64. The molecule has 0 spiro atoms. The van der Waals surface area contributed by atoms with Gasteiger partial charge in [0.2, 0.25) is 5.24 Å². The van der Waals surface area contributed by atoms with Crippen molar-refractivity contribution in [2.24, 2.45) is 0 Å². The van der Waals surface area contributed by atoms with Gasteiger partial charge in [0.05, 0.1) is 6.04 Å². The van der Waals surface area contributed by atoms with Crippen molar-refractivity contribution >= 4 is 16.8 Å². The van der Waals surface area contributed by atoms with Gasteiger partial charge in [-0.25, -0.2) is 0 Å². The first-order chi connectivity index (χ1) is 3.55. The molecular formula is C5H10ClNO. The van der Waals surface area contributed by atoms with E-state index in [-0.39, 0.29) is 11.3 Å². The summed E-state index contributed by atoms with van der Waals surface area (Å²) in [5, 5.41) is -0.310. The van der Waals surface area contributed by atoms with Crippen LogP contribution in [0.4, 0.5) is 0 Å². The summed E-state index contributed by atoms with van der Waals surface area (Å²) in [5.74, 6) is 0. The van der Waals surface area contributed by atoms with Crippen LogP contribution in [0.3, 0.4) is 0 Å². The molecule has 2 nitrogen and oxygen atoms in total. The van der Waals surface area contributed by atoms with E-state index in [0.29, 0.717) is 0 Å². The molecule has 0 aromatic heterocycles. The smallest absolute Gasteiger partial charge is 0.238 e. The van der Waals surface area contributed by atoms with Crippen molar-refractivity contribution in [2.75, 3.05) is 14.1 Å². The highest BCUT2D eigenvalue weighted by Crippen LogP contribution is 1.95. The molecule has 8 heavy (non-hydrogen) atoms. The van der Waals surface area contributed by atoms with Crippen LogP contribution >= 0.6 is 11.6 Å². The van der Waals surface area contributed by atoms with Gasteiger partial charge in [0.25, 0.3) is 0 Å². The summed E-state index contributed by atoms with van der Waals surface area (Å²) in [5.41, 5.74) is 0. The summed E-state index contributed by atoms with van der Waals surface area (Å²) in [6, 6.07) is -0.170. The van der Waals surface area contributed by atoms with E-state index in [1.165, 1.54) is 0 Å². The van der Waals surface area contributed by atoms with E-state index in [1.54, 1.807) is 11.8 Å². The second-order valence-corrected chi connectivity index (χ2v) is 2.32. The third kappa shape index (κ3) is 2.28. The Bertz CT molecular complexity index is 92.4. The minimum absolute atomic E-state index is 0.170. The van der Waals surface area contributed by atoms with Gasteiger partial charge in [-0.1, -0.05) is 0 Å². The van der Waals surface area contributed by atoms with Crippen LogP contribution in [0.2, 0.25) is 0 Å². The Hall–Kier alpha value is -0.0800. The summed E-state index contributed by atoms with van der Waals surface area (Å²) in [7, 11) is 3.62. The number of carbonyl (C=O) groups is 1. The van der Waals surface area contributed by atoms with Crippen LogP contribution in [0.15, 0.2) is 0 Å². The first-order valence-corrected chi connectivity index (χ1v) is 2.79. The van der Waals surface area contributed by atoms with Gasteiger partial charge in [0.1, 0.15) is 0 Å². The summed E-state index contributed by atoms with van der Waals surface area (Å²) in [6.45, 7) is 1.76. The Morgan fingerprint density at radius 3 is 2.00 bits per heavy atom. The van der Waals surface area contributed by atoms with Crippen LogP contribution in [-0.2, 0) is 4.79 Å². The van der Waals surface area contributed by atoms with Gasteiger partial charge in [-0.05, 0) is 32.6 Å². The van der Waals surface area contributed by atoms with Crippen molar-refractivity contribution in [1.82, 2.24) is 4.90 Å². The van der Waals surface area contributed by atoms with Gasteiger partial charge >= 0.3 is 0 Å². The zero-order valence-corrected chi connectivity index (χ0v) is 6.07. The molecule has 48 valence electrons. The maximum Gasteiger partial charge on any atom is 0.238 e. The van der Waals surface area contributed by atoms with Crippen LogP contribution in [0, 0.1) is 0 Å². The molecule has 0 aliphatic carbocycles. The fourth-order valence-electron chi connectivity index (χ4n) is 0.203. The van der Waals surface area contributed by atoms with Gasteiger partial charge < -0.3 is 0 Å².